The molecule has 0 heterocycles. The molecule has 0 N–H and O–H groups in total. The number of benzene rings is 2. The maximum Gasteiger partial charge on any atom is 0.211 e. The summed E-state index contributed by atoms with van der Waals surface area (Å²) in [5.74, 6) is 0.560. The van der Waals surface area contributed by atoms with Gasteiger partial charge in [-0.05, 0) is 11.5 Å². The number of allylic oxidation sites excluding steroid dienone is 4. The minimum absolute atomic E-state index is 0.560. The zero-order valence-electron chi connectivity index (χ0n) is 13.2. The van der Waals surface area contributed by atoms with E-state index in [1.165, 1.54) is 22.6 Å². The summed E-state index contributed by atoms with van der Waals surface area (Å²) in [7, 11) is 0. The van der Waals surface area contributed by atoms with Crippen molar-refractivity contribution in [2.75, 3.05) is 0 Å². The minimum Gasteiger partial charge on any atom is -0.158 e. The smallest absolute Gasteiger partial charge is 0.158 e. The lowest BCUT2D eigenvalue weighted by Crippen LogP contribution is -2.15. The van der Waals surface area contributed by atoms with Gasteiger partial charge in [0.2, 0.25) is 11.4 Å². The van der Waals surface area contributed by atoms with Gasteiger partial charge in [-0.15, -0.1) is 0 Å². The predicted octanol–water partition coefficient (Wildman–Crippen LogP) is 5.60. The van der Waals surface area contributed by atoms with Crippen molar-refractivity contribution in [3.63, 3.8) is 0 Å². The first-order valence-corrected chi connectivity index (χ1v) is 7.90. The molecule has 1 aliphatic rings. The van der Waals surface area contributed by atoms with Crippen LogP contribution in [0.25, 0.3) is 0 Å². The van der Waals surface area contributed by atoms with E-state index >= 15 is 0 Å². The Labute approximate surface area is 132 Å². The standard InChI is InChI=1S/C21H22N/c1-17(2)18-13-15-21(16-14-18)22(19-9-5-3-6-10-19)20-11-7-4-8-12-20/h3-11,13-17H,12H2,1-2H3/q+1. The molecule has 0 saturated heterocycles. The monoisotopic (exact) mass is 288 g/mol. The second-order valence-corrected chi connectivity index (χ2v) is 5.90. The van der Waals surface area contributed by atoms with Gasteiger partial charge in [0.05, 0.1) is 6.42 Å². The fourth-order valence-electron chi connectivity index (χ4n) is 2.73. The molecule has 0 aromatic heterocycles. The van der Waals surface area contributed by atoms with Gasteiger partial charge in [-0.3, -0.25) is 0 Å². The Morgan fingerprint density at radius 3 is 2.09 bits per heavy atom. The summed E-state index contributed by atoms with van der Waals surface area (Å²) in [4.78, 5) is 0. The molecule has 22 heavy (non-hydrogen) atoms. The Hall–Kier alpha value is -2.41. The van der Waals surface area contributed by atoms with E-state index in [2.05, 4.69) is 97.3 Å². The van der Waals surface area contributed by atoms with Crippen LogP contribution in [0.15, 0.2) is 78.9 Å². The lowest BCUT2D eigenvalue weighted by Gasteiger charge is -2.09. The third-order valence-electron chi connectivity index (χ3n) is 3.98. The minimum atomic E-state index is 0.560. The molecule has 0 atom stereocenters. The number of hydrogen-bond donors (Lipinski definition) is 0. The van der Waals surface area contributed by atoms with Crippen molar-refractivity contribution in [2.45, 2.75) is 26.2 Å². The zero-order chi connectivity index (χ0) is 15.4. The quantitative estimate of drug-likeness (QED) is 0.646. The SMILES string of the molecule is CC(C)c1ccc([N+](=C2C=CC=CC2)c2ccccc2)cc1. The summed E-state index contributed by atoms with van der Waals surface area (Å²) in [6, 6.07) is 19.5. The lowest BCUT2D eigenvalue weighted by atomic mass is 10.0. The molecule has 0 spiro atoms. The topological polar surface area (TPSA) is 3.01 Å². The van der Waals surface area contributed by atoms with Gasteiger partial charge in [-0.1, -0.05) is 62.4 Å². The van der Waals surface area contributed by atoms with Crippen molar-refractivity contribution in [3.05, 3.63) is 84.5 Å². The first kappa shape index (κ1) is 14.5. The molecule has 1 nitrogen and oxygen atoms in total. The Balaban J connectivity index is 2.10. The van der Waals surface area contributed by atoms with Crippen molar-refractivity contribution in [1.29, 1.82) is 0 Å². The lowest BCUT2D eigenvalue weighted by molar-refractivity contribution is 0.865. The van der Waals surface area contributed by atoms with Gasteiger partial charge < -0.3 is 0 Å². The van der Waals surface area contributed by atoms with Crippen LogP contribution in [-0.4, -0.2) is 5.71 Å². The molecule has 1 heteroatoms. The Bertz CT molecular complexity index is 716. The number of hydrogen-bond acceptors (Lipinski definition) is 0. The van der Waals surface area contributed by atoms with E-state index < -0.39 is 0 Å². The van der Waals surface area contributed by atoms with Crippen LogP contribution in [0.4, 0.5) is 11.4 Å². The fraction of sp³-hybridized carbons (Fsp3) is 0.190. The molecular formula is C21H22N+. The van der Waals surface area contributed by atoms with Crippen LogP contribution < -0.4 is 4.58 Å². The normalized spacial score (nSPS) is 16.1. The highest BCUT2D eigenvalue weighted by Crippen LogP contribution is 2.24. The maximum atomic E-state index is 2.34. The van der Waals surface area contributed by atoms with Crippen molar-refractivity contribution >= 4 is 17.1 Å². The molecule has 0 bridgehead atoms. The summed E-state index contributed by atoms with van der Waals surface area (Å²) in [6.07, 6.45) is 9.57. The van der Waals surface area contributed by atoms with E-state index in [-0.39, 0.29) is 0 Å². The number of nitrogens with zero attached hydrogens (tertiary/aromatic N) is 1. The molecular weight excluding hydrogens is 266 g/mol. The molecule has 1 aliphatic carbocycles. The number of para-hydroxylation sites is 1. The van der Waals surface area contributed by atoms with E-state index in [1.807, 2.05) is 0 Å². The third-order valence-corrected chi connectivity index (χ3v) is 3.98. The summed E-state index contributed by atoms with van der Waals surface area (Å²) >= 11 is 0. The first-order valence-electron chi connectivity index (χ1n) is 7.90. The summed E-state index contributed by atoms with van der Waals surface area (Å²) in [5.41, 5.74) is 5.09. The maximum absolute atomic E-state index is 2.34. The van der Waals surface area contributed by atoms with Gasteiger partial charge in [0.25, 0.3) is 0 Å². The Morgan fingerprint density at radius 2 is 1.50 bits per heavy atom. The van der Waals surface area contributed by atoms with Crippen molar-refractivity contribution < 1.29 is 0 Å². The molecule has 3 rings (SSSR count). The van der Waals surface area contributed by atoms with Crippen LogP contribution >= 0.6 is 0 Å². The Morgan fingerprint density at radius 1 is 0.818 bits per heavy atom. The van der Waals surface area contributed by atoms with Gasteiger partial charge in [0, 0.05) is 30.3 Å². The van der Waals surface area contributed by atoms with Gasteiger partial charge in [-0.25, -0.2) is 0 Å². The fourth-order valence-corrected chi connectivity index (χ4v) is 2.73. The molecule has 0 amide bonds. The molecule has 0 fully saturated rings. The molecule has 110 valence electrons. The summed E-state index contributed by atoms with van der Waals surface area (Å²) < 4.78 is 2.34. The van der Waals surface area contributed by atoms with Crippen LogP contribution in [0, 0.1) is 0 Å². The molecule has 2 aromatic carbocycles. The summed E-state index contributed by atoms with van der Waals surface area (Å²) in [6.45, 7) is 4.46. The molecule has 0 radical (unpaired) electrons. The van der Waals surface area contributed by atoms with E-state index in [9.17, 15) is 0 Å². The van der Waals surface area contributed by atoms with Crippen molar-refractivity contribution in [2.24, 2.45) is 0 Å². The van der Waals surface area contributed by atoms with Crippen molar-refractivity contribution in [3.8, 4) is 0 Å². The van der Waals surface area contributed by atoms with Gasteiger partial charge in [-0.2, -0.15) is 4.58 Å². The average molecular weight is 288 g/mol. The highest BCUT2D eigenvalue weighted by molar-refractivity contribution is 6.01. The van der Waals surface area contributed by atoms with E-state index in [0.29, 0.717) is 5.92 Å². The van der Waals surface area contributed by atoms with Gasteiger partial charge in [0.15, 0.2) is 5.71 Å². The van der Waals surface area contributed by atoms with E-state index in [4.69, 9.17) is 0 Å². The first-order chi connectivity index (χ1) is 10.8. The van der Waals surface area contributed by atoms with Gasteiger partial charge in [0.1, 0.15) is 0 Å². The highest BCUT2D eigenvalue weighted by atomic mass is 15.0. The zero-order valence-corrected chi connectivity index (χ0v) is 13.2. The van der Waals surface area contributed by atoms with Crippen LogP contribution in [0.5, 0.6) is 0 Å². The van der Waals surface area contributed by atoms with Crippen molar-refractivity contribution in [1.82, 2.24) is 4.58 Å². The van der Waals surface area contributed by atoms with Crippen LogP contribution in [0.1, 0.15) is 31.7 Å². The third kappa shape index (κ3) is 3.09. The van der Waals surface area contributed by atoms with Crippen LogP contribution in [0.2, 0.25) is 0 Å². The van der Waals surface area contributed by atoms with Crippen LogP contribution in [-0.2, 0) is 0 Å². The van der Waals surface area contributed by atoms with E-state index in [0.717, 1.165) is 6.42 Å². The highest BCUT2D eigenvalue weighted by Gasteiger charge is 2.19. The largest absolute Gasteiger partial charge is 0.211 e. The molecule has 0 unspecified atom stereocenters. The predicted molar refractivity (Wildman–Crippen MR) is 96.3 cm³/mol. The van der Waals surface area contributed by atoms with Crippen LogP contribution in [0.3, 0.4) is 0 Å². The molecule has 2 aromatic rings. The van der Waals surface area contributed by atoms with E-state index in [1.54, 1.807) is 0 Å². The second-order valence-electron chi connectivity index (χ2n) is 5.90. The summed E-state index contributed by atoms with van der Waals surface area (Å²) in [5, 5.41) is 0. The molecule has 0 aliphatic heterocycles. The Kier molecular flexibility index (Phi) is 4.34. The average Bonchev–Trinajstić information content (AvgIpc) is 2.57. The second kappa shape index (κ2) is 6.57. The number of rotatable bonds is 3. The van der Waals surface area contributed by atoms with Gasteiger partial charge >= 0.3 is 0 Å². The molecule has 0 saturated carbocycles.